The van der Waals surface area contributed by atoms with E-state index in [1.165, 1.54) is 16.7 Å². The van der Waals surface area contributed by atoms with Crippen molar-refractivity contribution in [3.05, 3.63) is 138 Å². The second-order valence-electron chi connectivity index (χ2n) is 10.8. The zero-order valence-corrected chi connectivity index (χ0v) is 27.2. The molecule has 3 heterocycles. The van der Waals surface area contributed by atoms with Gasteiger partial charge in [-0.2, -0.15) is 0 Å². The largest absolute Gasteiger partial charge is 0.491 e. The summed E-state index contributed by atoms with van der Waals surface area (Å²) in [6, 6.07) is 23.7. The van der Waals surface area contributed by atoms with Gasteiger partial charge in [0.1, 0.15) is 23.3 Å². The minimum absolute atomic E-state index is 0.0521. The van der Waals surface area contributed by atoms with Crippen LogP contribution in [-0.4, -0.2) is 34.3 Å². The molecule has 0 spiro atoms. The number of aromatic nitrogens is 1. The van der Waals surface area contributed by atoms with Gasteiger partial charge in [-0.15, -0.1) is 0 Å². The molecule has 1 aliphatic heterocycles. The summed E-state index contributed by atoms with van der Waals surface area (Å²) in [4.78, 5) is 44.9. The quantitative estimate of drug-likeness (QED) is 0.182. The Kier molecular flexibility index (Phi) is 8.97. The minimum Gasteiger partial charge on any atom is -0.491 e. The molecule has 0 saturated heterocycles. The van der Waals surface area contributed by atoms with Gasteiger partial charge in [0.15, 0.2) is 4.80 Å². The van der Waals surface area contributed by atoms with Gasteiger partial charge in [-0.25, -0.2) is 14.6 Å². The zero-order valence-electron chi connectivity index (χ0n) is 25.6. The lowest BCUT2D eigenvalue weighted by Gasteiger charge is -2.27. The van der Waals surface area contributed by atoms with E-state index in [9.17, 15) is 19.5 Å². The Morgan fingerprint density at radius 2 is 1.79 bits per heavy atom. The van der Waals surface area contributed by atoms with Crippen molar-refractivity contribution in [2.75, 3.05) is 6.61 Å². The third-order valence-electron chi connectivity index (χ3n) is 7.33. The molecule has 0 amide bonds. The molecule has 2 aromatic heterocycles. The van der Waals surface area contributed by atoms with Crippen molar-refractivity contribution in [1.82, 2.24) is 4.57 Å². The topological polar surface area (TPSA) is 120 Å². The minimum atomic E-state index is -1.16. The van der Waals surface area contributed by atoms with E-state index in [0.29, 0.717) is 49.0 Å². The van der Waals surface area contributed by atoms with Crippen LogP contribution in [0.15, 0.2) is 105 Å². The molecular weight excluding hydrogens is 640 g/mol. The molecular formula is C36H29ClN2O7S. The molecule has 0 saturated carbocycles. The lowest BCUT2D eigenvalue weighted by molar-refractivity contribution is -0.138. The molecule has 0 radical (unpaired) electrons. The van der Waals surface area contributed by atoms with E-state index in [1.807, 2.05) is 68.4 Å². The first-order valence-corrected chi connectivity index (χ1v) is 16.0. The average molecular weight is 669 g/mol. The fourth-order valence-electron chi connectivity index (χ4n) is 5.36. The molecule has 47 heavy (non-hydrogen) atoms. The summed E-state index contributed by atoms with van der Waals surface area (Å²) in [7, 11) is 0. The average Bonchev–Trinajstić information content (AvgIpc) is 3.65. The molecule has 0 fully saturated rings. The Morgan fingerprint density at radius 1 is 1.04 bits per heavy atom. The number of hydrogen-bond donors (Lipinski definition) is 1. The molecule has 1 aliphatic rings. The first kappa shape index (κ1) is 31.8. The number of carboxylic acid groups (broad SMARTS) is 1. The van der Waals surface area contributed by atoms with Gasteiger partial charge >= 0.3 is 11.9 Å². The molecule has 5 aromatic rings. The van der Waals surface area contributed by atoms with Gasteiger partial charge in [0.2, 0.25) is 0 Å². The van der Waals surface area contributed by atoms with E-state index >= 15 is 0 Å². The molecule has 6 rings (SSSR count). The van der Waals surface area contributed by atoms with E-state index in [4.69, 9.17) is 30.5 Å². The third kappa shape index (κ3) is 6.30. The normalized spacial score (nSPS) is 14.6. The summed E-state index contributed by atoms with van der Waals surface area (Å²) >= 11 is 7.20. The van der Waals surface area contributed by atoms with Crippen LogP contribution in [0.4, 0.5) is 0 Å². The third-order valence-corrected chi connectivity index (χ3v) is 8.64. The van der Waals surface area contributed by atoms with E-state index in [1.54, 1.807) is 31.2 Å². The molecule has 238 valence electrons. The number of thiazole rings is 1. The predicted octanol–water partition coefficient (Wildman–Crippen LogP) is 6.33. The SMILES string of the molecule is CCOC(=O)C1=C(c2ccccc2)N=c2s/c(=C/c3ccc(-c4ccc(Cl)c(C(=O)O)c4)o3)c(=O)n2[C@H]1c1ccccc1OC(C)C. The highest BCUT2D eigenvalue weighted by Gasteiger charge is 2.36. The lowest BCUT2D eigenvalue weighted by atomic mass is 9.92. The highest BCUT2D eigenvalue weighted by molar-refractivity contribution is 7.07. The maximum atomic E-state index is 14.3. The number of carbonyl (C=O) groups excluding carboxylic acids is 1. The number of carboxylic acids is 1. The summed E-state index contributed by atoms with van der Waals surface area (Å²) in [5.41, 5.74) is 2.00. The van der Waals surface area contributed by atoms with E-state index in [0.717, 1.165) is 11.3 Å². The Hall–Kier alpha value is -5.19. The number of fused-ring (bicyclic) bond motifs is 1. The van der Waals surface area contributed by atoms with Crippen LogP contribution in [0.25, 0.3) is 23.1 Å². The Morgan fingerprint density at radius 3 is 2.51 bits per heavy atom. The van der Waals surface area contributed by atoms with Gasteiger partial charge in [-0.3, -0.25) is 9.36 Å². The summed E-state index contributed by atoms with van der Waals surface area (Å²) in [5.74, 6) is -0.454. The van der Waals surface area contributed by atoms with E-state index < -0.39 is 18.0 Å². The molecule has 3 aromatic carbocycles. The van der Waals surface area contributed by atoms with Crippen LogP contribution in [0.1, 0.15) is 54.1 Å². The van der Waals surface area contributed by atoms with Crippen molar-refractivity contribution in [2.24, 2.45) is 4.99 Å². The van der Waals surface area contributed by atoms with Crippen molar-refractivity contribution in [3.8, 4) is 17.1 Å². The Balaban J connectivity index is 1.56. The number of esters is 1. The van der Waals surface area contributed by atoms with Crippen molar-refractivity contribution >= 4 is 46.6 Å². The highest BCUT2D eigenvalue weighted by Crippen LogP contribution is 2.39. The molecule has 0 aliphatic carbocycles. The van der Waals surface area contributed by atoms with Crippen LogP contribution in [0, 0.1) is 0 Å². The number of nitrogens with zero attached hydrogens (tertiary/aromatic N) is 2. The second-order valence-corrected chi connectivity index (χ2v) is 12.3. The number of hydrogen-bond acceptors (Lipinski definition) is 8. The maximum absolute atomic E-state index is 14.3. The summed E-state index contributed by atoms with van der Waals surface area (Å²) in [6.45, 7) is 5.67. The molecule has 1 N–H and O–H groups in total. The van der Waals surface area contributed by atoms with Crippen LogP contribution >= 0.6 is 22.9 Å². The monoisotopic (exact) mass is 668 g/mol. The fraction of sp³-hybridized carbons (Fsp3) is 0.167. The van der Waals surface area contributed by atoms with Gasteiger partial charge in [-0.05, 0) is 57.2 Å². The summed E-state index contributed by atoms with van der Waals surface area (Å²) in [5, 5.41) is 9.59. The number of benzene rings is 3. The van der Waals surface area contributed by atoms with Crippen LogP contribution in [0.5, 0.6) is 5.75 Å². The van der Waals surface area contributed by atoms with Crippen LogP contribution in [0.3, 0.4) is 0 Å². The van der Waals surface area contributed by atoms with Crippen molar-refractivity contribution in [3.63, 3.8) is 0 Å². The molecule has 0 bridgehead atoms. The standard InChI is InChI=1S/C36H29ClN2O7S/c1-4-44-35(43)30-31(21-10-6-5-7-11-21)38-36-39(32(30)24-12-8-9-13-28(24)45-20(2)3)33(40)29(47-36)19-23-15-17-27(46-23)22-14-16-26(37)25(18-22)34(41)42/h5-20,32H,4H2,1-3H3,(H,41,42)/b29-19+/t32-/m0/s1. The van der Waals surface area contributed by atoms with E-state index in [2.05, 4.69) is 0 Å². The predicted molar refractivity (Wildman–Crippen MR) is 179 cm³/mol. The smallest absolute Gasteiger partial charge is 0.338 e. The number of para-hydroxylation sites is 1. The van der Waals surface area contributed by atoms with Gasteiger partial charge < -0.3 is 19.0 Å². The number of aromatic carboxylic acids is 1. The number of carbonyl (C=O) groups is 2. The number of rotatable bonds is 9. The molecule has 11 heteroatoms. The van der Waals surface area contributed by atoms with Gasteiger partial charge in [0, 0.05) is 22.8 Å². The first-order chi connectivity index (χ1) is 22.7. The Bertz CT molecular complexity index is 2210. The van der Waals surface area contributed by atoms with E-state index in [-0.39, 0.29) is 34.4 Å². The van der Waals surface area contributed by atoms with Crippen molar-refractivity contribution in [1.29, 1.82) is 0 Å². The highest BCUT2D eigenvalue weighted by atomic mass is 35.5. The Labute approximate surface area is 278 Å². The van der Waals surface area contributed by atoms with Crippen LogP contribution in [-0.2, 0) is 9.53 Å². The van der Waals surface area contributed by atoms with Crippen LogP contribution in [0.2, 0.25) is 5.02 Å². The zero-order chi connectivity index (χ0) is 33.2. The second kappa shape index (κ2) is 13.3. The first-order valence-electron chi connectivity index (χ1n) is 14.8. The fourth-order valence-corrected chi connectivity index (χ4v) is 6.54. The molecule has 0 unspecified atom stereocenters. The maximum Gasteiger partial charge on any atom is 0.338 e. The number of halogens is 1. The molecule has 9 nitrogen and oxygen atoms in total. The lowest BCUT2D eigenvalue weighted by Crippen LogP contribution is -2.40. The van der Waals surface area contributed by atoms with Gasteiger partial charge in [-0.1, -0.05) is 71.5 Å². The molecule has 1 atom stereocenters. The van der Waals surface area contributed by atoms with Crippen molar-refractivity contribution < 1.29 is 28.6 Å². The van der Waals surface area contributed by atoms with Crippen molar-refractivity contribution in [2.45, 2.75) is 32.9 Å². The summed E-state index contributed by atoms with van der Waals surface area (Å²) < 4.78 is 19.6. The summed E-state index contributed by atoms with van der Waals surface area (Å²) in [6.07, 6.45) is 1.43. The number of furan rings is 1. The number of ether oxygens (including phenoxy) is 2. The van der Waals surface area contributed by atoms with Gasteiger partial charge in [0.05, 0.1) is 39.1 Å². The van der Waals surface area contributed by atoms with Gasteiger partial charge in [0.25, 0.3) is 5.56 Å². The van der Waals surface area contributed by atoms with Crippen LogP contribution < -0.4 is 19.6 Å².